The van der Waals surface area contributed by atoms with E-state index in [1.807, 2.05) is 12.1 Å². The molecular weight excluding hydrogens is 329 g/mol. The van der Waals surface area contributed by atoms with Gasteiger partial charge in [0, 0.05) is 13.0 Å². The molecule has 4 heteroatoms. The summed E-state index contributed by atoms with van der Waals surface area (Å²) in [4.78, 5) is 10.9. The lowest BCUT2D eigenvalue weighted by Crippen LogP contribution is -3.00. The van der Waals surface area contributed by atoms with Gasteiger partial charge in [-0.3, -0.25) is 9.28 Å². The number of esters is 1. The summed E-state index contributed by atoms with van der Waals surface area (Å²) in [6.45, 7) is 7.75. The normalized spacial score (nSPS) is 10.6. The molecule has 0 aromatic heterocycles. The van der Waals surface area contributed by atoms with Crippen molar-refractivity contribution in [3.8, 4) is 5.75 Å². The Hall–Kier alpha value is -0.620. The topological polar surface area (TPSA) is 26.3 Å². The first-order valence-electron chi connectivity index (χ1n) is 5.65. The van der Waals surface area contributed by atoms with E-state index < -0.39 is 0 Å². The van der Waals surface area contributed by atoms with E-state index in [0.29, 0.717) is 5.75 Å². The second-order valence-electron chi connectivity index (χ2n) is 4.12. The van der Waals surface area contributed by atoms with Gasteiger partial charge in [-0.1, -0.05) is 6.07 Å². The lowest BCUT2D eigenvalue weighted by Gasteiger charge is -2.31. The van der Waals surface area contributed by atoms with Crippen molar-refractivity contribution in [1.82, 2.24) is 4.48 Å². The molecule has 1 aromatic carbocycles. The van der Waals surface area contributed by atoms with Crippen molar-refractivity contribution in [3.63, 3.8) is 0 Å². The van der Waals surface area contributed by atoms with Crippen LogP contribution in [0.4, 0.5) is 5.69 Å². The molecule has 0 aliphatic heterocycles. The largest absolute Gasteiger partial charge is 1.00 e. The third-order valence-electron chi connectivity index (χ3n) is 3.10. The number of benzene rings is 1. The van der Waals surface area contributed by atoms with Crippen molar-refractivity contribution in [2.45, 2.75) is 20.8 Å². The number of halogens is 1. The van der Waals surface area contributed by atoms with Gasteiger partial charge in [0.2, 0.25) is 0 Å². The maximum absolute atomic E-state index is 10.9. The molecule has 0 unspecified atom stereocenters. The van der Waals surface area contributed by atoms with Crippen LogP contribution < -0.4 is 33.2 Å². The van der Waals surface area contributed by atoms with E-state index in [1.54, 1.807) is 6.07 Å². The maximum atomic E-state index is 10.9. The molecule has 0 spiro atoms. The van der Waals surface area contributed by atoms with Crippen LogP contribution in [-0.4, -0.2) is 26.1 Å². The molecule has 17 heavy (non-hydrogen) atoms. The Morgan fingerprint density at radius 2 is 1.88 bits per heavy atom. The highest BCUT2D eigenvalue weighted by molar-refractivity contribution is 5.69. The minimum absolute atomic E-state index is 0. The number of ether oxygens (including phenoxy) is 1. The van der Waals surface area contributed by atoms with Crippen molar-refractivity contribution in [3.05, 3.63) is 24.3 Å². The molecule has 0 N–H and O–H groups in total. The summed E-state index contributed by atoms with van der Waals surface area (Å²) in [5.41, 5.74) is 1.17. The molecule has 3 nitrogen and oxygen atoms in total. The maximum Gasteiger partial charge on any atom is 0.308 e. The summed E-state index contributed by atoms with van der Waals surface area (Å²) in [5.74, 6) is 0.343. The first-order valence-corrected chi connectivity index (χ1v) is 5.65. The third kappa shape index (κ3) is 4.27. The van der Waals surface area contributed by atoms with Crippen molar-refractivity contribution in [1.29, 1.82) is 0 Å². The van der Waals surface area contributed by atoms with Crippen LogP contribution in [0.2, 0.25) is 0 Å². The van der Waals surface area contributed by atoms with E-state index in [2.05, 4.69) is 27.0 Å². The van der Waals surface area contributed by atoms with Crippen LogP contribution in [0, 0.1) is 0 Å². The Kier molecular flexibility index (Phi) is 6.70. The van der Waals surface area contributed by atoms with E-state index in [4.69, 9.17) is 4.74 Å². The number of carbonyl (C=O) groups excluding carboxylic acids is 1. The van der Waals surface area contributed by atoms with Crippen LogP contribution >= 0.6 is 0 Å². The molecule has 0 amide bonds. The fourth-order valence-electron chi connectivity index (χ4n) is 1.64. The molecule has 0 saturated carbocycles. The highest BCUT2D eigenvalue weighted by atomic mass is 127. The molecule has 0 bridgehead atoms. The zero-order valence-electron chi connectivity index (χ0n) is 10.9. The number of hydrogen-bond acceptors (Lipinski definition) is 2. The standard InChI is InChI=1S/C13H20NO2.HI/c1-5-14(4,6-2)12-8-7-9-13(10-12)16-11(3)15;/h7-10H,5-6H2,1-4H3;1H/q+1;/p-1. The number of quaternary nitrogens is 1. The van der Waals surface area contributed by atoms with E-state index in [1.165, 1.54) is 12.6 Å². The van der Waals surface area contributed by atoms with Crippen LogP contribution in [0.3, 0.4) is 0 Å². The zero-order valence-corrected chi connectivity index (χ0v) is 13.0. The fourth-order valence-corrected chi connectivity index (χ4v) is 1.64. The van der Waals surface area contributed by atoms with Crippen LogP contribution in [-0.2, 0) is 4.79 Å². The highest BCUT2D eigenvalue weighted by Crippen LogP contribution is 2.25. The summed E-state index contributed by atoms with van der Waals surface area (Å²) < 4.78 is 5.93. The Balaban J connectivity index is 0.00000256. The second kappa shape index (κ2) is 6.96. The van der Waals surface area contributed by atoms with E-state index in [9.17, 15) is 4.79 Å². The SMILES string of the molecule is CC[N+](C)(CC)c1cccc(OC(C)=O)c1.[I-]. The summed E-state index contributed by atoms with van der Waals surface area (Å²) in [7, 11) is 2.17. The van der Waals surface area contributed by atoms with Crippen molar-refractivity contribution >= 4 is 11.7 Å². The minimum Gasteiger partial charge on any atom is -1.00 e. The predicted molar refractivity (Wildman–Crippen MR) is 66.6 cm³/mol. The molecule has 0 radical (unpaired) electrons. The molecule has 96 valence electrons. The summed E-state index contributed by atoms with van der Waals surface area (Å²) in [6.07, 6.45) is 0. The lowest BCUT2D eigenvalue weighted by atomic mass is 10.2. The van der Waals surface area contributed by atoms with E-state index in [-0.39, 0.29) is 29.9 Å². The minimum atomic E-state index is -0.278. The number of rotatable bonds is 4. The summed E-state index contributed by atoms with van der Waals surface area (Å²) in [5, 5.41) is 0. The molecule has 0 fully saturated rings. The van der Waals surface area contributed by atoms with Gasteiger partial charge in [0.1, 0.15) is 11.4 Å². The number of carbonyl (C=O) groups is 1. The van der Waals surface area contributed by atoms with Gasteiger partial charge in [0.15, 0.2) is 0 Å². The average molecular weight is 349 g/mol. The molecule has 0 atom stereocenters. The van der Waals surface area contributed by atoms with Crippen LogP contribution in [0.5, 0.6) is 5.75 Å². The molecule has 1 aromatic rings. The van der Waals surface area contributed by atoms with Gasteiger partial charge in [0.05, 0.1) is 20.1 Å². The Morgan fingerprint density at radius 3 is 2.35 bits per heavy atom. The Labute approximate surface area is 120 Å². The highest BCUT2D eigenvalue weighted by Gasteiger charge is 2.20. The first kappa shape index (κ1) is 16.4. The molecule has 0 saturated heterocycles. The predicted octanol–water partition coefficient (Wildman–Crippen LogP) is -0.407. The van der Waals surface area contributed by atoms with E-state index in [0.717, 1.165) is 17.6 Å². The van der Waals surface area contributed by atoms with E-state index >= 15 is 0 Å². The van der Waals surface area contributed by atoms with Crippen LogP contribution in [0.1, 0.15) is 20.8 Å². The van der Waals surface area contributed by atoms with Gasteiger partial charge in [-0.15, -0.1) is 0 Å². The summed E-state index contributed by atoms with van der Waals surface area (Å²) in [6, 6.07) is 7.74. The van der Waals surface area contributed by atoms with Crippen molar-refractivity contribution < 1.29 is 33.5 Å². The molecule has 1 rings (SSSR count). The summed E-state index contributed by atoms with van der Waals surface area (Å²) >= 11 is 0. The third-order valence-corrected chi connectivity index (χ3v) is 3.10. The van der Waals surface area contributed by atoms with Gasteiger partial charge in [-0.2, -0.15) is 0 Å². The van der Waals surface area contributed by atoms with Crippen LogP contribution in [0.15, 0.2) is 24.3 Å². The average Bonchev–Trinajstić information content (AvgIpc) is 2.27. The first-order chi connectivity index (χ1) is 7.51. The molecule has 0 heterocycles. The molecular formula is C13H20INO2. The Bertz CT molecular complexity index is 375. The van der Waals surface area contributed by atoms with Crippen LogP contribution in [0.25, 0.3) is 0 Å². The van der Waals surface area contributed by atoms with Gasteiger partial charge < -0.3 is 28.7 Å². The Morgan fingerprint density at radius 1 is 1.29 bits per heavy atom. The molecule has 0 aliphatic rings. The fraction of sp³-hybridized carbons (Fsp3) is 0.462. The monoisotopic (exact) mass is 349 g/mol. The number of hydrogen-bond donors (Lipinski definition) is 0. The van der Waals surface area contributed by atoms with Crippen molar-refractivity contribution in [2.24, 2.45) is 0 Å². The smallest absolute Gasteiger partial charge is 0.308 e. The zero-order chi connectivity index (χ0) is 12.2. The van der Waals surface area contributed by atoms with Gasteiger partial charge in [0.25, 0.3) is 0 Å². The molecule has 0 aliphatic carbocycles. The lowest BCUT2D eigenvalue weighted by molar-refractivity contribution is -0.131. The quantitative estimate of drug-likeness (QED) is 0.320. The number of nitrogens with zero attached hydrogens (tertiary/aromatic N) is 1. The van der Waals surface area contributed by atoms with Gasteiger partial charge in [-0.25, -0.2) is 0 Å². The second-order valence-corrected chi connectivity index (χ2v) is 4.12. The van der Waals surface area contributed by atoms with Gasteiger partial charge >= 0.3 is 5.97 Å². The van der Waals surface area contributed by atoms with Gasteiger partial charge in [-0.05, 0) is 26.0 Å². The van der Waals surface area contributed by atoms with Crippen molar-refractivity contribution in [2.75, 3.05) is 20.1 Å².